The topological polar surface area (TPSA) is 37.3 Å². The fraction of sp³-hybridized carbons (Fsp3) is 0.533. The van der Waals surface area contributed by atoms with Crippen LogP contribution < -0.4 is 5.43 Å². The minimum absolute atomic E-state index is 0.0451. The Balaban J connectivity index is 2.47. The van der Waals surface area contributed by atoms with Crippen LogP contribution in [0.5, 0.6) is 5.75 Å². The SMILES string of the molecule is O=c1c2cc(Br)cc(c1O)CCCCCCCC2. The molecule has 1 N–H and O–H groups in total. The molecule has 0 radical (unpaired) electrons. The van der Waals surface area contributed by atoms with E-state index in [0.717, 1.165) is 41.3 Å². The lowest BCUT2D eigenvalue weighted by atomic mass is 10.0. The van der Waals surface area contributed by atoms with Gasteiger partial charge in [-0.15, -0.1) is 0 Å². The Morgan fingerprint density at radius 2 is 1.39 bits per heavy atom. The third-order valence-electron chi connectivity index (χ3n) is 3.58. The molecule has 1 aliphatic rings. The average molecular weight is 311 g/mol. The molecule has 0 spiro atoms. The van der Waals surface area contributed by atoms with Crippen LogP contribution in [0.15, 0.2) is 21.4 Å². The highest BCUT2D eigenvalue weighted by Crippen LogP contribution is 2.22. The van der Waals surface area contributed by atoms with Gasteiger partial charge in [0, 0.05) is 10.0 Å². The lowest BCUT2D eigenvalue weighted by molar-refractivity contribution is 0.460. The zero-order valence-corrected chi connectivity index (χ0v) is 12.1. The lowest BCUT2D eigenvalue weighted by Gasteiger charge is -2.04. The summed E-state index contributed by atoms with van der Waals surface area (Å²) in [6.07, 6.45) is 8.47. The van der Waals surface area contributed by atoms with Crippen LogP contribution in [-0.2, 0) is 12.8 Å². The van der Waals surface area contributed by atoms with Crippen molar-refractivity contribution in [2.75, 3.05) is 0 Å². The standard InChI is InChI=1S/C15H19BrO2/c16-13-9-11-7-5-3-1-2-4-6-8-12(10-13)15(18)14(11)17/h9-10H,1-8H2,(H,17,18). The van der Waals surface area contributed by atoms with E-state index in [1.807, 2.05) is 12.1 Å². The summed E-state index contributed by atoms with van der Waals surface area (Å²) in [5.41, 5.74) is 1.32. The third kappa shape index (κ3) is 3.35. The number of fused-ring (bicyclic) bond motifs is 3. The minimum atomic E-state index is -0.184. The molecule has 0 saturated heterocycles. The van der Waals surface area contributed by atoms with Crippen molar-refractivity contribution >= 4 is 15.9 Å². The van der Waals surface area contributed by atoms with E-state index in [1.165, 1.54) is 25.7 Å². The molecule has 1 aliphatic carbocycles. The molecule has 98 valence electrons. The van der Waals surface area contributed by atoms with E-state index in [0.29, 0.717) is 0 Å². The monoisotopic (exact) mass is 310 g/mol. The van der Waals surface area contributed by atoms with Gasteiger partial charge in [0.15, 0.2) is 5.75 Å². The second-order valence-corrected chi connectivity index (χ2v) is 5.94. The molecule has 2 rings (SSSR count). The van der Waals surface area contributed by atoms with Gasteiger partial charge in [0.1, 0.15) is 0 Å². The van der Waals surface area contributed by atoms with Crippen molar-refractivity contribution < 1.29 is 5.11 Å². The highest BCUT2D eigenvalue weighted by atomic mass is 79.9. The van der Waals surface area contributed by atoms with Gasteiger partial charge in [-0.2, -0.15) is 0 Å². The first-order valence-electron chi connectivity index (χ1n) is 6.73. The molecule has 0 amide bonds. The molecular weight excluding hydrogens is 292 g/mol. The summed E-state index contributed by atoms with van der Waals surface area (Å²) in [6, 6.07) is 3.75. The molecule has 0 aliphatic heterocycles. The van der Waals surface area contributed by atoms with E-state index in [4.69, 9.17) is 0 Å². The van der Waals surface area contributed by atoms with E-state index in [-0.39, 0.29) is 11.2 Å². The summed E-state index contributed by atoms with van der Waals surface area (Å²) in [7, 11) is 0. The number of aromatic hydroxyl groups is 1. The summed E-state index contributed by atoms with van der Waals surface area (Å²) in [5.74, 6) is -0.0451. The normalized spacial score (nSPS) is 16.9. The van der Waals surface area contributed by atoms with Gasteiger partial charge >= 0.3 is 0 Å². The summed E-state index contributed by atoms with van der Waals surface area (Å²) in [6.45, 7) is 0. The Morgan fingerprint density at radius 3 is 2.06 bits per heavy atom. The van der Waals surface area contributed by atoms with Gasteiger partial charge in [-0.25, -0.2) is 0 Å². The van der Waals surface area contributed by atoms with Crippen molar-refractivity contribution in [1.29, 1.82) is 0 Å². The molecule has 2 nitrogen and oxygen atoms in total. The van der Waals surface area contributed by atoms with Crippen LogP contribution in [0.4, 0.5) is 0 Å². The molecule has 1 aromatic rings. The number of aryl methyl sites for hydroxylation is 2. The van der Waals surface area contributed by atoms with E-state index >= 15 is 0 Å². The Kier molecular flexibility index (Phi) is 4.81. The largest absolute Gasteiger partial charge is 0.504 e. The van der Waals surface area contributed by atoms with Crippen LogP contribution in [0.3, 0.4) is 0 Å². The first kappa shape index (κ1) is 13.6. The number of rotatable bonds is 0. The quantitative estimate of drug-likeness (QED) is 0.787. The predicted octanol–water partition coefficient (Wildman–Crippen LogP) is 3.95. The van der Waals surface area contributed by atoms with E-state index in [1.54, 1.807) is 0 Å². The average Bonchev–Trinajstić information content (AvgIpc) is 2.44. The number of hydrogen-bond acceptors (Lipinski definition) is 2. The summed E-state index contributed by atoms with van der Waals surface area (Å²) in [4.78, 5) is 12.2. The summed E-state index contributed by atoms with van der Waals surface area (Å²) in [5, 5.41) is 10.1. The molecule has 3 heteroatoms. The van der Waals surface area contributed by atoms with Crippen LogP contribution in [0, 0.1) is 0 Å². The molecule has 1 aromatic carbocycles. The van der Waals surface area contributed by atoms with Crippen LogP contribution in [0.1, 0.15) is 49.7 Å². The van der Waals surface area contributed by atoms with Crippen LogP contribution in [-0.4, -0.2) is 5.11 Å². The highest BCUT2D eigenvalue weighted by Gasteiger charge is 2.10. The van der Waals surface area contributed by atoms with Crippen LogP contribution >= 0.6 is 15.9 Å². The smallest absolute Gasteiger partial charge is 0.223 e. The second-order valence-electron chi connectivity index (χ2n) is 5.02. The van der Waals surface area contributed by atoms with Crippen LogP contribution in [0.2, 0.25) is 0 Å². The van der Waals surface area contributed by atoms with E-state index in [9.17, 15) is 9.90 Å². The second kappa shape index (κ2) is 6.37. The maximum atomic E-state index is 12.2. The minimum Gasteiger partial charge on any atom is -0.504 e. The van der Waals surface area contributed by atoms with Gasteiger partial charge in [0.05, 0.1) is 0 Å². The van der Waals surface area contributed by atoms with E-state index in [2.05, 4.69) is 15.9 Å². The van der Waals surface area contributed by atoms with Crippen molar-refractivity contribution in [3.8, 4) is 5.75 Å². The molecular formula is C15H19BrO2. The molecule has 0 atom stereocenters. The van der Waals surface area contributed by atoms with Gasteiger partial charge in [0.25, 0.3) is 0 Å². The fourth-order valence-electron chi connectivity index (χ4n) is 2.52. The van der Waals surface area contributed by atoms with Crippen molar-refractivity contribution in [3.63, 3.8) is 0 Å². The van der Waals surface area contributed by atoms with Gasteiger partial charge in [-0.05, 0) is 43.4 Å². The molecule has 0 fully saturated rings. The van der Waals surface area contributed by atoms with Gasteiger partial charge < -0.3 is 5.11 Å². The van der Waals surface area contributed by atoms with Crippen molar-refractivity contribution in [2.24, 2.45) is 0 Å². The Morgan fingerprint density at radius 1 is 0.889 bits per heavy atom. The van der Waals surface area contributed by atoms with Gasteiger partial charge in [0.2, 0.25) is 5.43 Å². The Bertz CT molecular complexity index is 483. The lowest BCUT2D eigenvalue weighted by Crippen LogP contribution is -2.07. The summed E-state index contributed by atoms with van der Waals surface area (Å²) < 4.78 is 0.893. The highest BCUT2D eigenvalue weighted by molar-refractivity contribution is 9.10. The Hall–Kier alpha value is -0.830. The number of hydrogen-bond donors (Lipinski definition) is 1. The molecule has 0 saturated carbocycles. The maximum Gasteiger partial charge on any atom is 0.223 e. The number of halogens is 1. The molecule has 0 unspecified atom stereocenters. The van der Waals surface area contributed by atoms with Crippen LogP contribution in [0.25, 0.3) is 0 Å². The first-order chi connectivity index (χ1) is 8.68. The molecule has 0 heterocycles. The fourth-order valence-corrected chi connectivity index (χ4v) is 3.07. The predicted molar refractivity (Wildman–Crippen MR) is 77.2 cm³/mol. The van der Waals surface area contributed by atoms with E-state index < -0.39 is 0 Å². The third-order valence-corrected chi connectivity index (χ3v) is 4.04. The van der Waals surface area contributed by atoms with Crippen molar-refractivity contribution in [1.82, 2.24) is 0 Å². The van der Waals surface area contributed by atoms with Crippen molar-refractivity contribution in [2.45, 2.75) is 51.4 Å². The van der Waals surface area contributed by atoms with Crippen molar-refractivity contribution in [3.05, 3.63) is 38.0 Å². The maximum absolute atomic E-state index is 12.2. The van der Waals surface area contributed by atoms with Gasteiger partial charge in [-0.3, -0.25) is 4.79 Å². The molecule has 0 aromatic heterocycles. The zero-order chi connectivity index (χ0) is 13.0. The molecule has 2 bridgehead atoms. The first-order valence-corrected chi connectivity index (χ1v) is 7.52. The Labute approximate surface area is 116 Å². The zero-order valence-electron chi connectivity index (χ0n) is 10.5. The van der Waals surface area contributed by atoms with Gasteiger partial charge in [-0.1, -0.05) is 41.6 Å². The summed E-state index contributed by atoms with van der Waals surface area (Å²) >= 11 is 3.46. The molecule has 18 heavy (non-hydrogen) atoms.